The van der Waals surface area contributed by atoms with Crippen molar-refractivity contribution in [1.82, 2.24) is 5.32 Å². The monoisotopic (exact) mass is 160 g/mol. The predicted octanol–water partition coefficient (Wildman–Crippen LogP) is -1.58. The Kier molecular flexibility index (Phi) is 2.84. The second-order valence-electron chi connectivity index (χ2n) is 3.12. The average Bonchev–Trinajstić information content (AvgIpc) is 2.19. The summed E-state index contributed by atoms with van der Waals surface area (Å²) in [6, 6.07) is -0.0634. The topological polar surface area (TPSA) is 78.5 Å². The first-order chi connectivity index (χ1) is 5.16. The van der Waals surface area contributed by atoms with Gasteiger partial charge >= 0.3 is 0 Å². The largest absolute Gasteiger partial charge is 0.389 e. The van der Waals surface area contributed by atoms with E-state index >= 15 is 0 Å². The molecule has 0 aromatic carbocycles. The van der Waals surface area contributed by atoms with E-state index in [4.69, 9.17) is 5.73 Å². The van der Waals surface area contributed by atoms with Crippen LogP contribution in [0.25, 0.3) is 0 Å². The molecule has 0 unspecified atom stereocenters. The lowest BCUT2D eigenvalue weighted by Crippen LogP contribution is -2.34. The molecule has 1 rings (SSSR count). The van der Waals surface area contributed by atoms with Gasteiger partial charge in [-0.1, -0.05) is 0 Å². The number of rotatable bonds is 2. The van der Waals surface area contributed by atoms with E-state index in [9.17, 15) is 10.2 Å². The SMILES string of the molecule is C[C@@H]1N[C@H](CCN)[C@@H](O)[C@@H]1O. The minimum absolute atomic E-state index is 0.0263. The van der Waals surface area contributed by atoms with Crippen molar-refractivity contribution in [3.8, 4) is 0 Å². The standard InChI is InChI=1S/C7H16N2O2/c1-4-6(10)7(11)5(9-4)2-3-8/h4-7,9-11H,2-3,8H2,1H3/t4-,5+,6+,7+/m0/s1. The summed E-state index contributed by atoms with van der Waals surface area (Å²) in [6.45, 7) is 2.39. The molecular weight excluding hydrogens is 144 g/mol. The summed E-state index contributed by atoms with van der Waals surface area (Å²) >= 11 is 0. The van der Waals surface area contributed by atoms with Gasteiger partial charge in [-0.3, -0.25) is 0 Å². The van der Waals surface area contributed by atoms with E-state index in [-0.39, 0.29) is 12.1 Å². The van der Waals surface area contributed by atoms with E-state index in [1.54, 1.807) is 0 Å². The molecule has 4 heteroatoms. The first-order valence-corrected chi connectivity index (χ1v) is 3.99. The van der Waals surface area contributed by atoms with Gasteiger partial charge < -0.3 is 21.3 Å². The molecule has 1 aliphatic heterocycles. The molecule has 0 bridgehead atoms. The second-order valence-corrected chi connectivity index (χ2v) is 3.12. The van der Waals surface area contributed by atoms with Crippen molar-refractivity contribution < 1.29 is 10.2 Å². The zero-order valence-electron chi connectivity index (χ0n) is 6.70. The van der Waals surface area contributed by atoms with Crippen molar-refractivity contribution in [3.05, 3.63) is 0 Å². The quantitative estimate of drug-likeness (QED) is 0.393. The molecule has 1 heterocycles. The zero-order valence-corrected chi connectivity index (χ0v) is 6.70. The van der Waals surface area contributed by atoms with Gasteiger partial charge in [-0.25, -0.2) is 0 Å². The Morgan fingerprint density at radius 3 is 2.36 bits per heavy atom. The third-order valence-corrected chi connectivity index (χ3v) is 2.23. The van der Waals surface area contributed by atoms with E-state index in [0.717, 1.165) is 0 Å². The molecule has 0 aliphatic carbocycles. The highest BCUT2D eigenvalue weighted by Gasteiger charge is 2.37. The number of hydrogen-bond donors (Lipinski definition) is 4. The first kappa shape index (κ1) is 8.93. The molecule has 0 amide bonds. The molecule has 1 aliphatic rings. The lowest BCUT2D eigenvalue weighted by Gasteiger charge is -2.13. The van der Waals surface area contributed by atoms with Crippen LogP contribution in [0, 0.1) is 0 Å². The summed E-state index contributed by atoms with van der Waals surface area (Å²) in [5.74, 6) is 0. The van der Waals surface area contributed by atoms with Crippen LogP contribution >= 0.6 is 0 Å². The predicted molar refractivity (Wildman–Crippen MR) is 42.1 cm³/mol. The van der Waals surface area contributed by atoms with E-state index in [0.29, 0.717) is 13.0 Å². The van der Waals surface area contributed by atoms with Crippen LogP contribution in [0.2, 0.25) is 0 Å². The van der Waals surface area contributed by atoms with E-state index in [1.807, 2.05) is 6.92 Å². The van der Waals surface area contributed by atoms with Gasteiger partial charge in [-0.2, -0.15) is 0 Å². The molecule has 11 heavy (non-hydrogen) atoms. The minimum Gasteiger partial charge on any atom is -0.389 e. The molecule has 0 saturated carbocycles. The summed E-state index contributed by atoms with van der Waals surface area (Å²) in [4.78, 5) is 0. The van der Waals surface area contributed by atoms with Gasteiger partial charge in [0, 0.05) is 12.1 Å². The molecule has 0 aromatic rings. The fourth-order valence-electron chi connectivity index (χ4n) is 1.50. The van der Waals surface area contributed by atoms with Crippen molar-refractivity contribution in [2.45, 2.75) is 37.6 Å². The minimum atomic E-state index is -0.659. The van der Waals surface area contributed by atoms with Crippen molar-refractivity contribution in [1.29, 1.82) is 0 Å². The summed E-state index contributed by atoms with van der Waals surface area (Å²) in [5.41, 5.74) is 5.33. The molecule has 4 atom stereocenters. The Labute approximate surface area is 66.4 Å². The Morgan fingerprint density at radius 2 is 2.00 bits per heavy atom. The Balaban J connectivity index is 2.45. The van der Waals surface area contributed by atoms with Crippen LogP contribution in [-0.2, 0) is 0 Å². The highest BCUT2D eigenvalue weighted by Crippen LogP contribution is 2.15. The third kappa shape index (κ3) is 1.70. The summed E-state index contributed by atoms with van der Waals surface area (Å²) < 4.78 is 0. The lowest BCUT2D eigenvalue weighted by molar-refractivity contribution is 0.0296. The molecule has 0 aromatic heterocycles. The van der Waals surface area contributed by atoms with Gasteiger partial charge in [0.05, 0.1) is 12.2 Å². The second kappa shape index (κ2) is 3.49. The fourth-order valence-corrected chi connectivity index (χ4v) is 1.50. The molecular formula is C7H16N2O2. The van der Waals surface area contributed by atoms with Crippen molar-refractivity contribution in [3.63, 3.8) is 0 Å². The van der Waals surface area contributed by atoms with Gasteiger partial charge in [-0.15, -0.1) is 0 Å². The first-order valence-electron chi connectivity index (χ1n) is 3.99. The summed E-state index contributed by atoms with van der Waals surface area (Å²) in [5, 5.41) is 21.8. The van der Waals surface area contributed by atoms with E-state index in [1.165, 1.54) is 0 Å². The lowest BCUT2D eigenvalue weighted by atomic mass is 10.1. The highest BCUT2D eigenvalue weighted by molar-refractivity contribution is 4.95. The average molecular weight is 160 g/mol. The van der Waals surface area contributed by atoms with Crippen LogP contribution in [0.1, 0.15) is 13.3 Å². The van der Waals surface area contributed by atoms with Gasteiger partial charge in [0.25, 0.3) is 0 Å². The third-order valence-electron chi connectivity index (χ3n) is 2.23. The van der Waals surface area contributed by atoms with Crippen LogP contribution in [0.3, 0.4) is 0 Å². The van der Waals surface area contributed by atoms with E-state index in [2.05, 4.69) is 5.32 Å². The molecule has 1 saturated heterocycles. The highest BCUT2D eigenvalue weighted by atomic mass is 16.3. The van der Waals surface area contributed by atoms with Gasteiger partial charge in [0.1, 0.15) is 0 Å². The van der Waals surface area contributed by atoms with Crippen LogP contribution in [0.5, 0.6) is 0 Å². The van der Waals surface area contributed by atoms with Crippen molar-refractivity contribution >= 4 is 0 Å². The van der Waals surface area contributed by atoms with Crippen LogP contribution in [0.15, 0.2) is 0 Å². The van der Waals surface area contributed by atoms with E-state index < -0.39 is 12.2 Å². The Bertz CT molecular complexity index is 132. The molecule has 4 nitrogen and oxygen atoms in total. The van der Waals surface area contributed by atoms with Gasteiger partial charge in [-0.05, 0) is 19.9 Å². The number of nitrogens with one attached hydrogen (secondary N) is 1. The number of nitrogens with two attached hydrogens (primary N) is 1. The molecule has 0 spiro atoms. The summed E-state index contributed by atoms with van der Waals surface area (Å²) in [6.07, 6.45) is -0.595. The Hall–Kier alpha value is -0.160. The van der Waals surface area contributed by atoms with Gasteiger partial charge in [0.2, 0.25) is 0 Å². The maximum atomic E-state index is 9.39. The van der Waals surface area contributed by atoms with Gasteiger partial charge in [0.15, 0.2) is 0 Å². The van der Waals surface area contributed by atoms with Crippen LogP contribution < -0.4 is 11.1 Å². The molecule has 5 N–H and O–H groups in total. The Morgan fingerprint density at radius 1 is 1.36 bits per heavy atom. The summed E-state index contributed by atoms with van der Waals surface area (Å²) in [7, 11) is 0. The smallest absolute Gasteiger partial charge is 0.0967 e. The maximum Gasteiger partial charge on any atom is 0.0967 e. The maximum absolute atomic E-state index is 9.39. The number of hydrogen-bond acceptors (Lipinski definition) is 4. The van der Waals surface area contributed by atoms with Crippen molar-refractivity contribution in [2.75, 3.05) is 6.54 Å². The fraction of sp³-hybridized carbons (Fsp3) is 1.00. The zero-order chi connectivity index (χ0) is 8.43. The molecule has 0 radical (unpaired) electrons. The molecule has 1 fully saturated rings. The normalized spacial score (nSPS) is 44.7. The van der Waals surface area contributed by atoms with Crippen LogP contribution in [0.4, 0.5) is 0 Å². The van der Waals surface area contributed by atoms with Crippen molar-refractivity contribution in [2.24, 2.45) is 5.73 Å². The van der Waals surface area contributed by atoms with Crippen LogP contribution in [-0.4, -0.2) is 41.0 Å². The number of aliphatic hydroxyl groups is 2. The molecule has 66 valence electrons. The number of aliphatic hydroxyl groups excluding tert-OH is 2.